The van der Waals surface area contributed by atoms with E-state index in [0.717, 1.165) is 105 Å². The minimum Gasteiger partial charge on any atom is -0.456 e. The molecule has 0 spiro atoms. The summed E-state index contributed by atoms with van der Waals surface area (Å²) in [6.07, 6.45) is 0. The van der Waals surface area contributed by atoms with Crippen LogP contribution in [-0.4, -0.2) is 24.1 Å². The first kappa shape index (κ1) is 36.9. The molecule has 0 aliphatic rings. The van der Waals surface area contributed by atoms with Crippen molar-refractivity contribution in [2.45, 2.75) is 0 Å². The molecule has 15 aromatic rings. The molecular weight excluding hydrogens is 835 g/mol. The van der Waals surface area contributed by atoms with Gasteiger partial charge in [0, 0.05) is 60.1 Å². The van der Waals surface area contributed by atoms with Crippen LogP contribution < -0.4 is 0 Å². The van der Waals surface area contributed by atoms with Crippen molar-refractivity contribution in [1.82, 2.24) is 24.1 Å². The van der Waals surface area contributed by atoms with E-state index >= 15 is 0 Å². The van der Waals surface area contributed by atoms with Crippen LogP contribution in [0.15, 0.2) is 221 Å². The highest BCUT2D eigenvalue weighted by Crippen LogP contribution is 2.43. The number of hydrogen-bond donors (Lipinski definition) is 0. The molecule has 0 N–H and O–H groups in total. The molecule has 0 fully saturated rings. The van der Waals surface area contributed by atoms with Gasteiger partial charge in [-0.3, -0.25) is 0 Å². The number of rotatable bonds is 5. The summed E-state index contributed by atoms with van der Waals surface area (Å²) in [6, 6.07) is 74.4. The van der Waals surface area contributed by atoms with Crippen LogP contribution in [0.2, 0.25) is 0 Å². The Morgan fingerprint density at radius 3 is 1.57 bits per heavy atom. The highest BCUT2D eigenvalue weighted by molar-refractivity contribution is 6.17. The van der Waals surface area contributed by atoms with Gasteiger partial charge in [0.25, 0.3) is 0 Å². The van der Waals surface area contributed by atoms with Crippen LogP contribution >= 0.6 is 0 Å². The molecule has 68 heavy (non-hydrogen) atoms. The molecule has 0 saturated heterocycles. The normalized spacial score (nSPS) is 12.1. The Kier molecular flexibility index (Phi) is 7.65. The van der Waals surface area contributed by atoms with Gasteiger partial charge in [0.2, 0.25) is 0 Å². The van der Waals surface area contributed by atoms with Crippen molar-refractivity contribution in [2.24, 2.45) is 0 Å². The second-order valence-electron chi connectivity index (χ2n) is 17.6. The third kappa shape index (κ3) is 5.44. The minimum absolute atomic E-state index is 0.524. The van der Waals surface area contributed by atoms with Crippen LogP contribution in [0, 0.1) is 0 Å². The number of furan rings is 2. The second-order valence-corrected chi connectivity index (χ2v) is 17.6. The van der Waals surface area contributed by atoms with E-state index in [1.54, 1.807) is 0 Å². The number of benzene rings is 10. The highest BCUT2D eigenvalue weighted by Gasteiger charge is 2.23. The summed E-state index contributed by atoms with van der Waals surface area (Å²) >= 11 is 0. The highest BCUT2D eigenvalue weighted by atomic mass is 16.3. The predicted molar refractivity (Wildman–Crippen MR) is 277 cm³/mol. The van der Waals surface area contributed by atoms with Crippen LogP contribution in [-0.2, 0) is 0 Å². The largest absolute Gasteiger partial charge is 0.456 e. The quantitative estimate of drug-likeness (QED) is 0.172. The molecule has 0 amide bonds. The Balaban J connectivity index is 1.01. The Bertz CT molecular complexity index is 4570. The van der Waals surface area contributed by atoms with Crippen LogP contribution in [0.3, 0.4) is 0 Å². The molecule has 0 bridgehead atoms. The standard InChI is InChI=1S/C61H35N5O2/c1-2-16-41(17-3-1)65-49-22-10-6-18-42(49)47-31-38(27-29-51(47)65)59-62-60(39-26-28-45-44-20-8-12-24-54(44)67-56(45)34-39)64-61(63-59)40-33-53(58-46-21-9-13-25-55(46)68-57(58)35-40)66-50-23-11-7-19-43(50)48-30-36-14-4-5-15-37(36)32-52(48)66/h1-35H. The van der Waals surface area contributed by atoms with Gasteiger partial charge < -0.3 is 18.0 Å². The molecule has 10 aromatic carbocycles. The van der Waals surface area contributed by atoms with Gasteiger partial charge in [-0.05, 0) is 102 Å². The Labute approximate surface area is 387 Å². The molecular formula is C61H35N5O2. The van der Waals surface area contributed by atoms with Crippen LogP contribution in [0.4, 0.5) is 0 Å². The van der Waals surface area contributed by atoms with E-state index in [9.17, 15) is 0 Å². The van der Waals surface area contributed by atoms with Gasteiger partial charge in [-0.25, -0.2) is 15.0 Å². The Morgan fingerprint density at radius 1 is 0.294 bits per heavy atom. The first-order valence-electron chi connectivity index (χ1n) is 22.8. The van der Waals surface area contributed by atoms with E-state index in [1.165, 1.54) is 21.5 Å². The fourth-order valence-corrected chi connectivity index (χ4v) is 10.6. The van der Waals surface area contributed by atoms with E-state index in [2.05, 4.69) is 185 Å². The maximum absolute atomic E-state index is 6.78. The monoisotopic (exact) mass is 869 g/mol. The molecule has 7 nitrogen and oxygen atoms in total. The zero-order valence-electron chi connectivity index (χ0n) is 36.3. The molecule has 15 rings (SSSR count). The summed E-state index contributed by atoms with van der Waals surface area (Å²) in [5.41, 5.74) is 12.2. The molecule has 0 unspecified atom stereocenters. The third-order valence-electron chi connectivity index (χ3n) is 13.7. The van der Waals surface area contributed by atoms with Crippen molar-refractivity contribution in [3.63, 3.8) is 0 Å². The van der Waals surface area contributed by atoms with Gasteiger partial charge in [-0.15, -0.1) is 0 Å². The zero-order valence-corrected chi connectivity index (χ0v) is 36.3. The van der Waals surface area contributed by atoms with Crippen LogP contribution in [0.25, 0.3) is 144 Å². The number of nitrogens with zero attached hydrogens (tertiary/aromatic N) is 5. The molecule has 0 radical (unpaired) electrons. The Morgan fingerprint density at radius 2 is 0.809 bits per heavy atom. The van der Waals surface area contributed by atoms with Gasteiger partial charge in [-0.1, -0.05) is 121 Å². The summed E-state index contributed by atoms with van der Waals surface area (Å²) in [4.78, 5) is 16.0. The predicted octanol–water partition coefficient (Wildman–Crippen LogP) is 16.0. The zero-order chi connectivity index (χ0) is 44.5. The first-order valence-corrected chi connectivity index (χ1v) is 22.8. The smallest absolute Gasteiger partial charge is 0.164 e. The maximum atomic E-state index is 6.78. The lowest BCUT2D eigenvalue weighted by Gasteiger charge is -2.13. The summed E-state index contributed by atoms with van der Waals surface area (Å²) in [7, 11) is 0. The van der Waals surface area contributed by atoms with E-state index in [1.807, 2.05) is 36.4 Å². The molecule has 0 saturated carbocycles. The van der Waals surface area contributed by atoms with Crippen molar-refractivity contribution < 1.29 is 8.83 Å². The Hall–Kier alpha value is -9.33. The van der Waals surface area contributed by atoms with Gasteiger partial charge >= 0.3 is 0 Å². The summed E-state index contributed by atoms with van der Waals surface area (Å²) in [6.45, 7) is 0. The van der Waals surface area contributed by atoms with Crippen molar-refractivity contribution in [2.75, 3.05) is 0 Å². The molecule has 0 aliphatic carbocycles. The molecule has 5 heterocycles. The molecule has 5 aromatic heterocycles. The van der Waals surface area contributed by atoms with Crippen molar-refractivity contribution in [3.8, 4) is 45.5 Å². The van der Waals surface area contributed by atoms with Crippen LogP contribution in [0.5, 0.6) is 0 Å². The van der Waals surface area contributed by atoms with E-state index < -0.39 is 0 Å². The third-order valence-corrected chi connectivity index (χ3v) is 13.7. The van der Waals surface area contributed by atoms with Gasteiger partial charge in [0.15, 0.2) is 17.5 Å². The number of hydrogen-bond acceptors (Lipinski definition) is 5. The average Bonchev–Trinajstić information content (AvgIpc) is 4.15. The lowest BCUT2D eigenvalue weighted by atomic mass is 10.0. The fraction of sp³-hybridized carbons (Fsp3) is 0. The SMILES string of the molecule is c1ccc(-n2c3ccccc3c3cc(-c4nc(-c5ccc6c(c5)oc5ccccc56)nc(-c5cc(-n6c7ccccc7c7cc8ccccc8cc76)c6c(c5)oc5ccccc56)n4)ccc32)cc1. The van der Waals surface area contributed by atoms with E-state index in [0.29, 0.717) is 17.5 Å². The van der Waals surface area contributed by atoms with Gasteiger partial charge in [0.05, 0.1) is 33.1 Å². The van der Waals surface area contributed by atoms with Crippen molar-refractivity contribution >= 4 is 98.3 Å². The first-order chi connectivity index (χ1) is 33.7. The lowest BCUT2D eigenvalue weighted by Crippen LogP contribution is -2.02. The molecule has 316 valence electrons. The summed E-state index contributed by atoms with van der Waals surface area (Å²) < 4.78 is 17.9. The lowest BCUT2D eigenvalue weighted by molar-refractivity contribution is 0.668. The van der Waals surface area contributed by atoms with Crippen molar-refractivity contribution in [1.29, 1.82) is 0 Å². The van der Waals surface area contributed by atoms with Gasteiger partial charge in [0.1, 0.15) is 22.3 Å². The number of fused-ring (bicyclic) bond motifs is 13. The minimum atomic E-state index is 0.524. The van der Waals surface area contributed by atoms with Gasteiger partial charge in [-0.2, -0.15) is 0 Å². The topological polar surface area (TPSA) is 74.8 Å². The fourth-order valence-electron chi connectivity index (χ4n) is 10.6. The average molecular weight is 870 g/mol. The van der Waals surface area contributed by atoms with Crippen LogP contribution in [0.1, 0.15) is 0 Å². The molecule has 7 heteroatoms. The summed E-state index contributed by atoms with van der Waals surface area (Å²) in [5, 5.41) is 11.2. The second kappa shape index (κ2) is 14.1. The van der Waals surface area contributed by atoms with E-state index in [-0.39, 0.29) is 0 Å². The van der Waals surface area contributed by atoms with E-state index in [4.69, 9.17) is 23.8 Å². The summed E-state index contributed by atoms with van der Waals surface area (Å²) in [5.74, 6) is 1.62. The number of para-hydroxylation sites is 5. The maximum Gasteiger partial charge on any atom is 0.164 e. The molecule has 0 atom stereocenters. The molecule has 0 aliphatic heterocycles. The van der Waals surface area contributed by atoms with Crippen molar-refractivity contribution in [3.05, 3.63) is 212 Å². The number of aromatic nitrogens is 5.